The summed E-state index contributed by atoms with van der Waals surface area (Å²) in [6.07, 6.45) is 10.9. The van der Waals surface area contributed by atoms with Gasteiger partial charge in [0.05, 0.1) is 17.8 Å². The summed E-state index contributed by atoms with van der Waals surface area (Å²) in [4.78, 5) is 42.4. The Morgan fingerprint density at radius 3 is 2.55 bits per heavy atom. The van der Waals surface area contributed by atoms with Gasteiger partial charge in [-0.3, -0.25) is 24.0 Å². The van der Waals surface area contributed by atoms with Crippen LogP contribution in [-0.2, 0) is 24.9 Å². The molecule has 2 fully saturated rings. The molecule has 2 aliphatic heterocycles. The Labute approximate surface area is 300 Å². The fraction of sp³-hybridized carbons (Fsp3) is 0.359. The molecule has 1 N–H and O–H groups in total. The first-order valence-electron chi connectivity index (χ1n) is 17.6. The summed E-state index contributed by atoms with van der Waals surface area (Å²) in [7, 11) is 1.95. The summed E-state index contributed by atoms with van der Waals surface area (Å²) in [5.74, 6) is 0.0634. The van der Waals surface area contributed by atoms with E-state index in [0.29, 0.717) is 31.4 Å². The lowest BCUT2D eigenvalue weighted by atomic mass is 9.79. The SMILES string of the molecule is Cc1ccc(-c2ncc(CN3CC[C@@H](C(=O)N4CCC(O)(Cn5cnn6c(-c7ccn(C)c7)ccc6c5=O)CC4)[C@H](c4ccccc4)C3)s2)cn1. The molecule has 2 aliphatic rings. The van der Waals surface area contributed by atoms with Gasteiger partial charge in [0.2, 0.25) is 5.91 Å². The predicted octanol–water partition coefficient (Wildman–Crippen LogP) is 4.99. The molecule has 0 aliphatic carbocycles. The van der Waals surface area contributed by atoms with E-state index in [4.69, 9.17) is 0 Å². The lowest BCUT2D eigenvalue weighted by Crippen LogP contribution is -2.53. The van der Waals surface area contributed by atoms with Crippen molar-refractivity contribution >= 4 is 22.8 Å². The number of carbonyl (C=O) groups is 1. The zero-order valence-corrected chi connectivity index (χ0v) is 29.7. The Kier molecular flexibility index (Phi) is 8.91. The van der Waals surface area contributed by atoms with Crippen molar-refractivity contribution in [2.75, 3.05) is 26.2 Å². The van der Waals surface area contributed by atoms with Gasteiger partial charge >= 0.3 is 0 Å². The Balaban J connectivity index is 0.928. The molecular formula is C39H42N8O3S. The molecule has 0 unspecified atom stereocenters. The molecule has 1 aromatic carbocycles. The largest absolute Gasteiger partial charge is 0.388 e. The highest BCUT2D eigenvalue weighted by atomic mass is 32.1. The second kappa shape index (κ2) is 13.7. The zero-order valence-electron chi connectivity index (χ0n) is 28.9. The highest BCUT2D eigenvalue weighted by Gasteiger charge is 2.41. The summed E-state index contributed by atoms with van der Waals surface area (Å²) in [5, 5.41) is 17.2. The molecule has 0 saturated carbocycles. The van der Waals surface area contributed by atoms with Crippen molar-refractivity contribution in [1.82, 2.24) is 38.5 Å². The zero-order chi connectivity index (χ0) is 35.1. The van der Waals surface area contributed by atoms with Crippen LogP contribution in [-0.4, -0.2) is 81.3 Å². The van der Waals surface area contributed by atoms with Gasteiger partial charge in [-0.15, -0.1) is 11.3 Å². The Hall–Kier alpha value is -4.91. The molecule has 6 aromatic rings. The van der Waals surface area contributed by atoms with Crippen molar-refractivity contribution in [3.8, 4) is 21.8 Å². The predicted molar refractivity (Wildman–Crippen MR) is 197 cm³/mol. The molecule has 12 heteroatoms. The molecule has 11 nitrogen and oxygen atoms in total. The van der Waals surface area contributed by atoms with E-state index < -0.39 is 5.60 Å². The van der Waals surface area contributed by atoms with Crippen molar-refractivity contribution in [3.05, 3.63) is 118 Å². The van der Waals surface area contributed by atoms with E-state index in [1.807, 2.05) is 84.6 Å². The van der Waals surface area contributed by atoms with Gasteiger partial charge in [0.15, 0.2) is 0 Å². The third kappa shape index (κ3) is 6.78. The second-order valence-electron chi connectivity index (χ2n) is 14.2. The smallest absolute Gasteiger partial charge is 0.277 e. The first kappa shape index (κ1) is 33.2. The van der Waals surface area contributed by atoms with Crippen molar-refractivity contribution in [3.63, 3.8) is 0 Å². The lowest BCUT2D eigenvalue weighted by Gasteiger charge is -2.43. The summed E-state index contributed by atoms with van der Waals surface area (Å²) in [6, 6.07) is 20.1. The average Bonchev–Trinajstić information content (AvgIpc) is 3.91. The van der Waals surface area contributed by atoms with Crippen molar-refractivity contribution in [2.45, 2.75) is 50.8 Å². The number of hydrogen-bond acceptors (Lipinski definition) is 8. The number of hydrogen-bond donors (Lipinski definition) is 1. The minimum Gasteiger partial charge on any atom is -0.388 e. The maximum atomic E-state index is 14.2. The average molecular weight is 703 g/mol. The van der Waals surface area contributed by atoms with E-state index in [-0.39, 0.29) is 29.8 Å². The van der Waals surface area contributed by atoms with Gasteiger partial charge in [-0.05, 0) is 68.6 Å². The van der Waals surface area contributed by atoms with Gasteiger partial charge in [-0.2, -0.15) is 5.10 Å². The summed E-state index contributed by atoms with van der Waals surface area (Å²) >= 11 is 1.70. The highest BCUT2D eigenvalue weighted by Crippen LogP contribution is 2.37. The van der Waals surface area contributed by atoms with Crippen LogP contribution in [0.4, 0.5) is 0 Å². The number of aliphatic hydroxyl groups is 1. The van der Waals surface area contributed by atoms with Crippen LogP contribution in [0.2, 0.25) is 0 Å². The number of rotatable bonds is 8. The van der Waals surface area contributed by atoms with E-state index in [9.17, 15) is 14.7 Å². The molecule has 8 rings (SSSR count). The number of aryl methyl sites for hydroxylation is 2. The van der Waals surface area contributed by atoms with Crippen LogP contribution >= 0.6 is 11.3 Å². The van der Waals surface area contributed by atoms with Gasteiger partial charge in [-0.1, -0.05) is 30.3 Å². The van der Waals surface area contributed by atoms with E-state index in [0.717, 1.165) is 53.6 Å². The quantitative estimate of drug-likeness (QED) is 0.238. The van der Waals surface area contributed by atoms with Gasteiger partial charge in [0.25, 0.3) is 5.56 Å². The fourth-order valence-corrected chi connectivity index (χ4v) is 8.64. The van der Waals surface area contributed by atoms with Crippen molar-refractivity contribution in [1.29, 1.82) is 0 Å². The van der Waals surface area contributed by atoms with Crippen LogP contribution in [0, 0.1) is 12.8 Å². The first-order valence-corrected chi connectivity index (χ1v) is 18.4. The molecule has 7 heterocycles. The highest BCUT2D eigenvalue weighted by molar-refractivity contribution is 7.15. The molecule has 1 amide bonds. The van der Waals surface area contributed by atoms with E-state index in [1.54, 1.807) is 21.9 Å². The van der Waals surface area contributed by atoms with E-state index >= 15 is 0 Å². The van der Waals surface area contributed by atoms with Gasteiger partial charge in [-0.25, -0.2) is 9.50 Å². The maximum Gasteiger partial charge on any atom is 0.277 e. The van der Waals surface area contributed by atoms with Crippen LogP contribution < -0.4 is 5.56 Å². The Morgan fingerprint density at radius 1 is 0.980 bits per heavy atom. The fourth-order valence-electron chi connectivity index (χ4n) is 7.69. The minimum atomic E-state index is -1.11. The number of likely N-dealkylation sites (tertiary alicyclic amines) is 2. The van der Waals surface area contributed by atoms with Crippen molar-refractivity contribution in [2.24, 2.45) is 13.0 Å². The summed E-state index contributed by atoms with van der Waals surface area (Å²) in [6.45, 7) is 5.39. The number of fused-ring (bicyclic) bond motifs is 1. The monoisotopic (exact) mass is 702 g/mol. The van der Waals surface area contributed by atoms with Crippen LogP contribution in [0.25, 0.3) is 27.3 Å². The molecular weight excluding hydrogens is 661 g/mol. The van der Waals surface area contributed by atoms with Crippen LogP contribution in [0.15, 0.2) is 96.6 Å². The molecule has 0 radical (unpaired) electrons. The third-order valence-electron chi connectivity index (χ3n) is 10.6. The van der Waals surface area contributed by atoms with E-state index in [1.165, 1.54) is 21.3 Å². The van der Waals surface area contributed by atoms with Gasteiger partial charge in [0.1, 0.15) is 16.9 Å². The molecule has 51 heavy (non-hydrogen) atoms. The molecule has 0 spiro atoms. The summed E-state index contributed by atoms with van der Waals surface area (Å²) in [5.41, 5.74) is 4.16. The lowest BCUT2D eigenvalue weighted by molar-refractivity contribution is -0.142. The van der Waals surface area contributed by atoms with Crippen LogP contribution in [0.3, 0.4) is 0 Å². The second-order valence-corrected chi connectivity index (χ2v) is 15.3. The number of pyridine rings is 1. The number of thiazole rings is 1. The molecule has 5 aromatic heterocycles. The van der Waals surface area contributed by atoms with Gasteiger partial charge in [0, 0.05) is 91.5 Å². The number of benzene rings is 1. The molecule has 2 saturated heterocycles. The third-order valence-corrected chi connectivity index (χ3v) is 11.6. The number of amides is 1. The van der Waals surface area contributed by atoms with Crippen LogP contribution in [0.1, 0.15) is 41.3 Å². The first-order chi connectivity index (χ1) is 24.7. The molecule has 262 valence electrons. The normalized spacial score (nSPS) is 19.5. The van der Waals surface area contributed by atoms with E-state index in [2.05, 4.69) is 38.2 Å². The number of nitrogens with zero attached hydrogens (tertiary/aromatic N) is 8. The number of piperidine rings is 2. The summed E-state index contributed by atoms with van der Waals surface area (Å²) < 4.78 is 5.12. The number of carbonyl (C=O) groups excluding carboxylic acids is 1. The standard InChI is InChI=1S/C39H42N8O3S/c1-27-8-9-29(20-40-27)36-41-21-31(51-36)23-44-17-13-32(33(24-44)28-6-4-3-5-7-28)37(48)45-18-14-39(50,15-19-45)25-46-26-42-47-34(10-11-35(47)38(46)49)30-12-16-43(2)22-30/h3-12,16,20-22,26,32-33,50H,13-15,17-19,23-25H2,1-2H3/t32-,33+/m1/s1. The topological polar surface area (TPSA) is 114 Å². The Bertz CT molecular complexity index is 2210. The van der Waals surface area contributed by atoms with Gasteiger partial charge < -0.3 is 14.6 Å². The number of aromatic nitrogens is 6. The molecule has 0 bridgehead atoms. The van der Waals surface area contributed by atoms with Crippen molar-refractivity contribution < 1.29 is 9.90 Å². The van der Waals surface area contributed by atoms with Crippen LogP contribution in [0.5, 0.6) is 0 Å². The maximum absolute atomic E-state index is 14.2. The Morgan fingerprint density at radius 2 is 1.80 bits per heavy atom. The molecule has 2 atom stereocenters. The minimum absolute atomic E-state index is 0.0566.